The van der Waals surface area contributed by atoms with E-state index in [4.69, 9.17) is 0 Å². The summed E-state index contributed by atoms with van der Waals surface area (Å²) in [5.41, 5.74) is 4.98. The van der Waals surface area contributed by atoms with E-state index in [1.807, 2.05) is 32.0 Å². The minimum atomic E-state index is -0.634. The number of hydrogen-bond acceptors (Lipinski definition) is 5. The standard InChI is InChI=1S/C26H22FN3O3/c1-16-5-8-20(12-17(16)2)30-23-13-19(15-27)6-9-21(23)25(26(30)33)29-28-22-10-7-18(4-3-11-31)14-24(22)32/h3-14,32-33H,15H2,1-2H3/b4-3+,29-28?. The molecule has 2 N–H and O–H groups in total. The lowest BCUT2D eigenvalue weighted by Crippen LogP contribution is -1.95. The maximum Gasteiger partial charge on any atom is 0.225 e. The second kappa shape index (κ2) is 9.08. The summed E-state index contributed by atoms with van der Waals surface area (Å²) in [5, 5.41) is 30.3. The van der Waals surface area contributed by atoms with Crippen LogP contribution in [0.3, 0.4) is 0 Å². The van der Waals surface area contributed by atoms with Gasteiger partial charge in [0, 0.05) is 11.1 Å². The quantitative estimate of drug-likeness (QED) is 0.196. The Morgan fingerprint density at radius 2 is 1.79 bits per heavy atom. The van der Waals surface area contributed by atoms with Gasteiger partial charge in [-0.2, -0.15) is 0 Å². The number of carbonyl (C=O) groups is 1. The highest BCUT2D eigenvalue weighted by atomic mass is 19.1. The van der Waals surface area contributed by atoms with Crippen molar-refractivity contribution in [3.05, 3.63) is 82.9 Å². The molecule has 0 saturated carbocycles. The fourth-order valence-electron chi connectivity index (χ4n) is 3.59. The predicted molar refractivity (Wildman–Crippen MR) is 127 cm³/mol. The Hall–Kier alpha value is -4.26. The van der Waals surface area contributed by atoms with Gasteiger partial charge in [-0.1, -0.05) is 30.3 Å². The van der Waals surface area contributed by atoms with Crippen molar-refractivity contribution in [1.29, 1.82) is 0 Å². The lowest BCUT2D eigenvalue weighted by atomic mass is 10.1. The lowest BCUT2D eigenvalue weighted by molar-refractivity contribution is -0.104. The van der Waals surface area contributed by atoms with E-state index in [2.05, 4.69) is 10.2 Å². The first kappa shape index (κ1) is 22.0. The number of nitrogens with zero attached hydrogens (tertiary/aromatic N) is 3. The minimum absolute atomic E-state index is 0.121. The highest BCUT2D eigenvalue weighted by Gasteiger charge is 2.19. The van der Waals surface area contributed by atoms with Crippen LogP contribution >= 0.6 is 0 Å². The van der Waals surface area contributed by atoms with Crippen LogP contribution < -0.4 is 0 Å². The Bertz CT molecular complexity index is 1420. The molecule has 0 atom stereocenters. The first-order valence-corrected chi connectivity index (χ1v) is 10.3. The van der Waals surface area contributed by atoms with Crippen LogP contribution in [0.4, 0.5) is 15.8 Å². The van der Waals surface area contributed by atoms with Crippen molar-refractivity contribution in [2.75, 3.05) is 0 Å². The van der Waals surface area contributed by atoms with Gasteiger partial charge in [-0.25, -0.2) is 4.39 Å². The molecule has 0 spiro atoms. The van der Waals surface area contributed by atoms with E-state index in [1.165, 1.54) is 12.1 Å². The number of aryl methyl sites for hydroxylation is 2. The van der Waals surface area contributed by atoms with E-state index in [-0.39, 0.29) is 23.0 Å². The van der Waals surface area contributed by atoms with Gasteiger partial charge in [0.15, 0.2) is 5.69 Å². The van der Waals surface area contributed by atoms with Crippen LogP contribution in [0.15, 0.2) is 70.9 Å². The molecule has 6 nitrogen and oxygen atoms in total. The van der Waals surface area contributed by atoms with Crippen molar-refractivity contribution in [2.24, 2.45) is 10.2 Å². The number of alkyl halides is 1. The molecule has 0 saturated heterocycles. The Balaban J connectivity index is 1.85. The SMILES string of the molecule is Cc1ccc(-n2c(O)c(N=Nc3ccc(/C=C/C=O)cc3O)c3ccc(CF)cc32)cc1C. The Morgan fingerprint density at radius 1 is 0.970 bits per heavy atom. The molecule has 166 valence electrons. The molecule has 0 amide bonds. The summed E-state index contributed by atoms with van der Waals surface area (Å²) >= 11 is 0. The number of fused-ring (bicyclic) bond motifs is 1. The van der Waals surface area contributed by atoms with Gasteiger partial charge in [-0.3, -0.25) is 9.36 Å². The first-order chi connectivity index (χ1) is 15.9. The molecule has 0 aliphatic rings. The van der Waals surface area contributed by atoms with Crippen LogP contribution in [0.25, 0.3) is 22.7 Å². The van der Waals surface area contributed by atoms with Gasteiger partial charge in [-0.05, 0) is 72.5 Å². The number of rotatable bonds is 6. The third-order valence-corrected chi connectivity index (χ3v) is 5.51. The minimum Gasteiger partial charge on any atom is -0.506 e. The monoisotopic (exact) mass is 443 g/mol. The molecule has 0 radical (unpaired) electrons. The fourth-order valence-corrected chi connectivity index (χ4v) is 3.59. The number of aldehydes is 1. The largest absolute Gasteiger partial charge is 0.506 e. The predicted octanol–water partition coefficient (Wildman–Crippen LogP) is 6.76. The molecule has 4 aromatic rings. The number of carbonyl (C=O) groups excluding carboxylic acids is 1. The smallest absolute Gasteiger partial charge is 0.225 e. The van der Waals surface area contributed by atoms with Crippen LogP contribution in [0.1, 0.15) is 22.3 Å². The molecule has 1 heterocycles. The zero-order valence-electron chi connectivity index (χ0n) is 18.2. The second-order valence-electron chi connectivity index (χ2n) is 7.70. The van der Waals surface area contributed by atoms with Crippen LogP contribution in [-0.2, 0) is 11.5 Å². The van der Waals surface area contributed by atoms with Crippen molar-refractivity contribution in [3.8, 4) is 17.3 Å². The number of phenols is 1. The zero-order valence-corrected chi connectivity index (χ0v) is 18.2. The van der Waals surface area contributed by atoms with E-state index in [0.29, 0.717) is 34.0 Å². The topological polar surface area (TPSA) is 87.2 Å². The van der Waals surface area contributed by atoms with E-state index < -0.39 is 6.67 Å². The number of aromatic hydroxyl groups is 2. The number of phenolic OH excluding ortho intramolecular Hbond substituents is 1. The highest BCUT2D eigenvalue weighted by molar-refractivity contribution is 5.97. The van der Waals surface area contributed by atoms with Gasteiger partial charge >= 0.3 is 0 Å². The molecular formula is C26H22FN3O3. The molecular weight excluding hydrogens is 421 g/mol. The lowest BCUT2D eigenvalue weighted by Gasteiger charge is -2.10. The van der Waals surface area contributed by atoms with Crippen molar-refractivity contribution in [2.45, 2.75) is 20.5 Å². The number of azo groups is 1. The number of aromatic nitrogens is 1. The maximum absolute atomic E-state index is 13.4. The normalized spacial score (nSPS) is 11.7. The van der Waals surface area contributed by atoms with E-state index in [9.17, 15) is 19.4 Å². The van der Waals surface area contributed by atoms with E-state index >= 15 is 0 Å². The summed E-state index contributed by atoms with van der Waals surface area (Å²) < 4.78 is 15.0. The van der Waals surface area contributed by atoms with Gasteiger partial charge < -0.3 is 10.2 Å². The average molecular weight is 443 g/mol. The van der Waals surface area contributed by atoms with Crippen LogP contribution in [0, 0.1) is 13.8 Å². The van der Waals surface area contributed by atoms with Crippen LogP contribution in [-0.4, -0.2) is 21.1 Å². The van der Waals surface area contributed by atoms with Gasteiger partial charge in [0.1, 0.15) is 24.4 Å². The molecule has 0 unspecified atom stereocenters. The number of benzene rings is 3. The first-order valence-electron chi connectivity index (χ1n) is 10.3. The Kier molecular flexibility index (Phi) is 6.04. The van der Waals surface area contributed by atoms with E-state index in [1.54, 1.807) is 41.0 Å². The Morgan fingerprint density at radius 3 is 2.48 bits per heavy atom. The van der Waals surface area contributed by atoms with Gasteiger partial charge in [0.05, 0.1) is 5.52 Å². The molecule has 0 aliphatic heterocycles. The summed E-state index contributed by atoms with van der Waals surface area (Å²) in [6.45, 7) is 3.34. The molecule has 0 aliphatic carbocycles. The number of allylic oxidation sites excluding steroid dienone is 1. The van der Waals surface area contributed by atoms with Gasteiger partial charge in [-0.15, -0.1) is 10.2 Å². The van der Waals surface area contributed by atoms with Crippen LogP contribution in [0.5, 0.6) is 11.6 Å². The number of hydrogen-bond donors (Lipinski definition) is 2. The summed E-state index contributed by atoms with van der Waals surface area (Å²) in [7, 11) is 0. The fraction of sp³-hybridized carbons (Fsp3) is 0.115. The third-order valence-electron chi connectivity index (χ3n) is 5.51. The maximum atomic E-state index is 13.4. The van der Waals surface area contributed by atoms with Crippen molar-refractivity contribution >= 4 is 34.6 Å². The molecule has 33 heavy (non-hydrogen) atoms. The molecule has 1 aromatic heterocycles. The molecule has 7 heteroatoms. The summed E-state index contributed by atoms with van der Waals surface area (Å²) in [6, 6.07) is 15.5. The molecule has 0 bridgehead atoms. The van der Waals surface area contributed by atoms with E-state index in [0.717, 1.165) is 11.1 Å². The van der Waals surface area contributed by atoms with Gasteiger partial charge in [0.25, 0.3) is 0 Å². The van der Waals surface area contributed by atoms with Crippen molar-refractivity contribution in [1.82, 2.24) is 4.57 Å². The molecule has 0 fully saturated rings. The third kappa shape index (κ3) is 4.25. The van der Waals surface area contributed by atoms with Crippen LogP contribution in [0.2, 0.25) is 0 Å². The number of halogens is 1. The summed E-state index contributed by atoms with van der Waals surface area (Å²) in [4.78, 5) is 10.5. The van der Waals surface area contributed by atoms with Gasteiger partial charge in [0.2, 0.25) is 5.88 Å². The summed E-state index contributed by atoms with van der Waals surface area (Å²) in [5.74, 6) is -0.262. The van der Waals surface area contributed by atoms with Crippen molar-refractivity contribution in [3.63, 3.8) is 0 Å². The van der Waals surface area contributed by atoms with Crippen molar-refractivity contribution < 1.29 is 19.4 Å². The zero-order chi connectivity index (χ0) is 23.5. The Labute approximate surface area is 190 Å². The average Bonchev–Trinajstić information content (AvgIpc) is 3.09. The summed E-state index contributed by atoms with van der Waals surface area (Å²) in [6.07, 6.45) is 3.52. The second-order valence-corrected chi connectivity index (χ2v) is 7.70. The highest BCUT2D eigenvalue weighted by Crippen LogP contribution is 2.42. The molecule has 4 rings (SSSR count). The molecule has 3 aromatic carbocycles.